The Bertz CT molecular complexity index is 621. The van der Waals surface area contributed by atoms with Crippen LogP contribution in [-0.4, -0.2) is 40.1 Å². The van der Waals surface area contributed by atoms with Gasteiger partial charge in [-0.1, -0.05) is 12.1 Å². The van der Waals surface area contributed by atoms with Gasteiger partial charge in [0, 0.05) is 32.4 Å². The number of carbonyl (C=O) groups is 1. The van der Waals surface area contributed by atoms with Crippen LogP contribution in [0.2, 0.25) is 0 Å². The normalized spacial score (nSPS) is 14.7. The van der Waals surface area contributed by atoms with Crippen molar-refractivity contribution in [3.05, 3.63) is 48.0 Å². The van der Waals surface area contributed by atoms with Crippen LogP contribution in [0.3, 0.4) is 0 Å². The summed E-state index contributed by atoms with van der Waals surface area (Å²) in [6.07, 6.45) is 4.44. The van der Waals surface area contributed by atoms with Gasteiger partial charge in [0.2, 0.25) is 0 Å². The Kier molecular flexibility index (Phi) is 3.41. The molecule has 1 amide bonds. The van der Waals surface area contributed by atoms with Crippen molar-refractivity contribution in [3.63, 3.8) is 0 Å². The number of imidazole rings is 1. The van der Waals surface area contributed by atoms with E-state index in [0.717, 1.165) is 12.2 Å². The molecule has 1 aromatic heterocycles. The first-order valence-electron chi connectivity index (χ1n) is 6.73. The van der Waals surface area contributed by atoms with Crippen LogP contribution in [0.1, 0.15) is 16.2 Å². The average molecular weight is 271 g/mol. The van der Waals surface area contributed by atoms with Gasteiger partial charge in [-0.15, -0.1) is 0 Å². The zero-order valence-corrected chi connectivity index (χ0v) is 11.5. The maximum absolute atomic E-state index is 12.5. The lowest BCUT2D eigenvalue weighted by Crippen LogP contribution is -2.34. The molecule has 0 aliphatic carbocycles. The van der Waals surface area contributed by atoms with E-state index in [2.05, 4.69) is 4.98 Å². The lowest BCUT2D eigenvalue weighted by Gasteiger charge is -2.19. The van der Waals surface area contributed by atoms with Crippen molar-refractivity contribution in [2.75, 3.05) is 19.7 Å². The number of nitrogens with zero attached hydrogens (tertiary/aromatic N) is 3. The summed E-state index contributed by atoms with van der Waals surface area (Å²) in [7, 11) is 1.96. The summed E-state index contributed by atoms with van der Waals surface area (Å²) in [6, 6.07) is 7.41. The molecule has 0 spiro atoms. The molecule has 5 heteroatoms. The molecule has 0 N–H and O–H groups in total. The highest BCUT2D eigenvalue weighted by Crippen LogP contribution is 2.22. The fourth-order valence-corrected chi connectivity index (χ4v) is 2.39. The molecule has 1 aliphatic heterocycles. The lowest BCUT2D eigenvalue weighted by molar-refractivity contribution is 0.0756. The van der Waals surface area contributed by atoms with Crippen LogP contribution in [0.25, 0.3) is 0 Å². The minimum Gasteiger partial charge on any atom is -0.491 e. The van der Waals surface area contributed by atoms with E-state index in [1.807, 2.05) is 47.0 Å². The molecule has 5 nitrogen and oxygen atoms in total. The Morgan fingerprint density at radius 2 is 2.20 bits per heavy atom. The van der Waals surface area contributed by atoms with Crippen LogP contribution < -0.4 is 4.74 Å². The first-order chi connectivity index (χ1) is 9.75. The molecular weight excluding hydrogens is 254 g/mol. The number of fused-ring (bicyclic) bond motifs is 1. The molecule has 0 unspecified atom stereocenters. The third kappa shape index (κ3) is 2.39. The van der Waals surface area contributed by atoms with E-state index in [-0.39, 0.29) is 5.91 Å². The van der Waals surface area contributed by atoms with Gasteiger partial charge < -0.3 is 14.2 Å². The van der Waals surface area contributed by atoms with Gasteiger partial charge in [-0.2, -0.15) is 0 Å². The average Bonchev–Trinajstić information content (AvgIpc) is 2.80. The van der Waals surface area contributed by atoms with Crippen molar-refractivity contribution in [1.29, 1.82) is 0 Å². The number of aromatic nitrogens is 2. The molecule has 104 valence electrons. The zero-order chi connectivity index (χ0) is 13.9. The quantitative estimate of drug-likeness (QED) is 0.850. The van der Waals surface area contributed by atoms with E-state index in [1.54, 1.807) is 6.20 Å². The second kappa shape index (κ2) is 5.36. The van der Waals surface area contributed by atoms with Crippen LogP contribution in [-0.2, 0) is 13.5 Å². The van der Waals surface area contributed by atoms with Gasteiger partial charge in [0.05, 0.1) is 12.1 Å². The number of hydrogen-bond donors (Lipinski definition) is 0. The van der Waals surface area contributed by atoms with E-state index in [0.29, 0.717) is 31.0 Å². The van der Waals surface area contributed by atoms with E-state index in [4.69, 9.17) is 4.74 Å². The number of benzene rings is 1. The van der Waals surface area contributed by atoms with E-state index >= 15 is 0 Å². The number of rotatable bonds is 3. The Hall–Kier alpha value is -2.30. The maximum atomic E-state index is 12.5. The molecule has 0 bridgehead atoms. The SMILES string of the molecule is Cn1ccnc1CCN1CCOc2ccccc2C1=O. The fraction of sp³-hybridized carbons (Fsp3) is 0.333. The highest BCUT2D eigenvalue weighted by molar-refractivity contribution is 5.97. The second-order valence-electron chi connectivity index (χ2n) is 4.84. The molecule has 2 aromatic rings. The van der Waals surface area contributed by atoms with Gasteiger partial charge in [0.25, 0.3) is 5.91 Å². The van der Waals surface area contributed by atoms with E-state index < -0.39 is 0 Å². The molecule has 0 atom stereocenters. The number of ether oxygens (including phenoxy) is 1. The largest absolute Gasteiger partial charge is 0.491 e. The Labute approximate surface area is 117 Å². The van der Waals surface area contributed by atoms with E-state index in [1.165, 1.54) is 0 Å². The standard InChI is InChI=1S/C15H17N3O2/c1-17-9-7-16-14(17)6-8-18-10-11-20-13-5-3-2-4-12(13)15(18)19/h2-5,7,9H,6,8,10-11H2,1H3. The maximum Gasteiger partial charge on any atom is 0.257 e. The summed E-state index contributed by atoms with van der Waals surface area (Å²) < 4.78 is 7.61. The summed E-state index contributed by atoms with van der Waals surface area (Å²) in [5.74, 6) is 1.69. The van der Waals surface area contributed by atoms with Crippen LogP contribution >= 0.6 is 0 Å². The molecule has 0 fully saturated rings. The number of hydrogen-bond acceptors (Lipinski definition) is 3. The van der Waals surface area contributed by atoms with Crippen LogP contribution in [0, 0.1) is 0 Å². The van der Waals surface area contributed by atoms with Crippen molar-refractivity contribution in [2.45, 2.75) is 6.42 Å². The van der Waals surface area contributed by atoms with Crippen LogP contribution in [0.15, 0.2) is 36.7 Å². The summed E-state index contributed by atoms with van der Waals surface area (Å²) in [5, 5.41) is 0. The topological polar surface area (TPSA) is 47.4 Å². The second-order valence-corrected chi connectivity index (χ2v) is 4.84. The van der Waals surface area contributed by atoms with Gasteiger partial charge in [-0.3, -0.25) is 4.79 Å². The molecule has 1 aliphatic rings. The monoisotopic (exact) mass is 271 g/mol. The third-order valence-corrected chi connectivity index (χ3v) is 3.55. The Morgan fingerprint density at radius 1 is 1.35 bits per heavy atom. The minimum absolute atomic E-state index is 0.0345. The minimum atomic E-state index is 0.0345. The highest BCUT2D eigenvalue weighted by atomic mass is 16.5. The van der Waals surface area contributed by atoms with Gasteiger partial charge in [-0.25, -0.2) is 4.98 Å². The molecule has 20 heavy (non-hydrogen) atoms. The van der Waals surface area contributed by atoms with Gasteiger partial charge >= 0.3 is 0 Å². The van der Waals surface area contributed by atoms with Crippen molar-refractivity contribution in [1.82, 2.24) is 14.5 Å². The fourth-order valence-electron chi connectivity index (χ4n) is 2.39. The number of aryl methyl sites for hydroxylation is 1. The van der Waals surface area contributed by atoms with Crippen molar-refractivity contribution >= 4 is 5.91 Å². The number of carbonyl (C=O) groups excluding carboxylic acids is 1. The van der Waals surface area contributed by atoms with Crippen LogP contribution in [0.5, 0.6) is 5.75 Å². The van der Waals surface area contributed by atoms with Crippen molar-refractivity contribution < 1.29 is 9.53 Å². The molecule has 2 heterocycles. The van der Waals surface area contributed by atoms with Crippen molar-refractivity contribution in [3.8, 4) is 5.75 Å². The Balaban J connectivity index is 1.74. The predicted molar refractivity (Wildman–Crippen MR) is 74.8 cm³/mol. The molecule has 0 saturated heterocycles. The Morgan fingerprint density at radius 3 is 3.00 bits per heavy atom. The first-order valence-corrected chi connectivity index (χ1v) is 6.73. The summed E-state index contributed by atoms with van der Waals surface area (Å²) in [4.78, 5) is 18.6. The predicted octanol–water partition coefficient (Wildman–Crippen LogP) is 1.50. The molecule has 1 aromatic carbocycles. The van der Waals surface area contributed by atoms with Gasteiger partial charge in [0.1, 0.15) is 18.2 Å². The number of amides is 1. The van der Waals surface area contributed by atoms with Gasteiger partial charge in [0.15, 0.2) is 0 Å². The van der Waals surface area contributed by atoms with Crippen molar-refractivity contribution in [2.24, 2.45) is 7.05 Å². The molecule has 0 saturated carbocycles. The number of para-hydroxylation sites is 1. The first kappa shape index (κ1) is 12.7. The molecular formula is C15H17N3O2. The van der Waals surface area contributed by atoms with Crippen LogP contribution in [0.4, 0.5) is 0 Å². The van der Waals surface area contributed by atoms with Gasteiger partial charge in [-0.05, 0) is 12.1 Å². The summed E-state index contributed by atoms with van der Waals surface area (Å²) in [6.45, 7) is 1.79. The lowest BCUT2D eigenvalue weighted by atomic mass is 10.1. The summed E-state index contributed by atoms with van der Waals surface area (Å²) >= 11 is 0. The molecule has 3 rings (SSSR count). The third-order valence-electron chi connectivity index (χ3n) is 3.55. The summed E-state index contributed by atoms with van der Waals surface area (Å²) in [5.41, 5.74) is 0.643. The smallest absolute Gasteiger partial charge is 0.257 e. The molecule has 0 radical (unpaired) electrons. The zero-order valence-electron chi connectivity index (χ0n) is 11.5. The highest BCUT2D eigenvalue weighted by Gasteiger charge is 2.22. The van der Waals surface area contributed by atoms with E-state index in [9.17, 15) is 4.79 Å².